The first kappa shape index (κ1) is 30.0. The summed E-state index contributed by atoms with van der Waals surface area (Å²) in [4.78, 5) is 25.0. The van der Waals surface area contributed by atoms with E-state index in [0.717, 1.165) is 67.1 Å². The lowest BCUT2D eigenvalue weighted by Gasteiger charge is -2.08. The van der Waals surface area contributed by atoms with Gasteiger partial charge in [-0.3, -0.25) is 0 Å². The number of para-hydroxylation sites is 2. The highest BCUT2D eigenvalue weighted by molar-refractivity contribution is 7.80. The third kappa shape index (κ3) is 5.04. The first-order valence-corrected chi connectivity index (χ1v) is 16.6. The van der Waals surface area contributed by atoms with Crippen LogP contribution in [0, 0.1) is 13.8 Å². The molecule has 0 atom stereocenters. The average molecular weight is 691 g/mol. The van der Waals surface area contributed by atoms with Crippen molar-refractivity contribution in [2.45, 2.75) is 24.2 Å². The van der Waals surface area contributed by atoms with Gasteiger partial charge in [0.2, 0.25) is 0 Å². The van der Waals surface area contributed by atoms with Crippen LogP contribution in [0.3, 0.4) is 0 Å². The minimum atomic E-state index is 0.352. The summed E-state index contributed by atoms with van der Waals surface area (Å²) in [7, 11) is 0. The minimum Gasteiger partial charge on any atom is -0.360 e. The van der Waals surface area contributed by atoms with Crippen LogP contribution in [0.2, 0.25) is 0 Å². The molecule has 6 heterocycles. The van der Waals surface area contributed by atoms with Crippen LogP contribution in [-0.2, 0) is 0 Å². The topological polar surface area (TPSA) is 145 Å². The maximum atomic E-state index is 4.60. The van der Waals surface area contributed by atoms with E-state index >= 15 is 0 Å². The van der Waals surface area contributed by atoms with Gasteiger partial charge in [-0.2, -0.15) is 0 Å². The van der Waals surface area contributed by atoms with Gasteiger partial charge < -0.3 is 9.97 Å². The Labute approximate surface area is 295 Å². The molecule has 3 aromatic carbocycles. The van der Waals surface area contributed by atoms with E-state index in [0.29, 0.717) is 33.1 Å². The molecule has 6 aromatic heterocycles. The van der Waals surface area contributed by atoms with Gasteiger partial charge in [-0.25, -0.2) is 29.3 Å². The van der Waals surface area contributed by atoms with Crippen molar-refractivity contribution in [3.63, 3.8) is 0 Å². The molecule has 0 aliphatic heterocycles. The number of nitrogens with zero attached hydrogens (tertiary/aromatic N) is 10. The predicted molar refractivity (Wildman–Crippen MR) is 197 cm³/mol. The number of aromatic nitrogens is 12. The Morgan fingerprint density at radius 2 is 0.920 bits per heavy atom. The first-order valence-electron chi connectivity index (χ1n) is 15.7. The van der Waals surface area contributed by atoms with Crippen molar-refractivity contribution in [2.24, 2.45) is 0 Å². The Hall–Kier alpha value is -6.12. The third-order valence-corrected chi connectivity index (χ3v) is 9.17. The fraction of sp³-hybridized carbons (Fsp3) is 0.0556. The van der Waals surface area contributed by atoms with E-state index in [4.69, 9.17) is 0 Å². The summed E-state index contributed by atoms with van der Waals surface area (Å²) in [5.41, 5.74) is 11.4. The Morgan fingerprint density at radius 3 is 1.36 bits per heavy atom. The zero-order chi connectivity index (χ0) is 33.9. The van der Waals surface area contributed by atoms with E-state index in [1.807, 2.05) is 99.0 Å². The van der Waals surface area contributed by atoms with Crippen LogP contribution in [0.5, 0.6) is 0 Å². The van der Waals surface area contributed by atoms with E-state index in [-0.39, 0.29) is 0 Å². The zero-order valence-corrected chi connectivity index (χ0v) is 28.4. The lowest BCUT2D eigenvalue weighted by Crippen LogP contribution is -2.02. The number of hydrogen-bond acceptors (Lipinski definition) is 10. The van der Waals surface area contributed by atoms with Gasteiger partial charge in [0, 0.05) is 45.3 Å². The molecule has 0 spiro atoms. The van der Waals surface area contributed by atoms with Crippen LogP contribution < -0.4 is 0 Å². The predicted octanol–water partition coefficient (Wildman–Crippen LogP) is 7.25. The molecule has 0 bridgehead atoms. The normalized spacial score (nSPS) is 11.6. The molecule has 0 aliphatic carbocycles. The summed E-state index contributed by atoms with van der Waals surface area (Å²) < 4.78 is 3.57. The lowest BCUT2D eigenvalue weighted by molar-refractivity contribution is 0.774. The number of benzene rings is 3. The van der Waals surface area contributed by atoms with Crippen molar-refractivity contribution in [1.82, 2.24) is 59.9 Å². The third-order valence-electron chi connectivity index (χ3n) is 8.77. The monoisotopic (exact) mass is 690 g/mol. The van der Waals surface area contributed by atoms with Gasteiger partial charge in [-0.1, -0.05) is 46.8 Å². The Balaban J connectivity index is 1.01. The molecule has 9 aromatic rings. The lowest BCUT2D eigenvalue weighted by atomic mass is 10.1. The largest absolute Gasteiger partial charge is 0.360 e. The summed E-state index contributed by atoms with van der Waals surface area (Å²) in [5.74, 6) is 0. The minimum absolute atomic E-state index is 0.352. The van der Waals surface area contributed by atoms with Crippen molar-refractivity contribution in [3.8, 4) is 56.7 Å². The van der Waals surface area contributed by atoms with Crippen molar-refractivity contribution in [3.05, 3.63) is 109 Å². The van der Waals surface area contributed by atoms with E-state index in [9.17, 15) is 0 Å². The van der Waals surface area contributed by atoms with E-state index in [1.54, 1.807) is 9.36 Å². The summed E-state index contributed by atoms with van der Waals surface area (Å²) in [6.07, 6.45) is 3.89. The van der Waals surface area contributed by atoms with Crippen molar-refractivity contribution in [1.29, 1.82) is 0 Å². The van der Waals surface area contributed by atoms with Gasteiger partial charge in [0.1, 0.15) is 11.4 Å². The molecule has 0 aliphatic rings. The highest BCUT2D eigenvalue weighted by atomic mass is 32.1. The number of aromatic amines is 2. The molecule has 242 valence electrons. The van der Waals surface area contributed by atoms with Gasteiger partial charge in [0.15, 0.2) is 10.3 Å². The summed E-state index contributed by atoms with van der Waals surface area (Å²) in [6.45, 7) is 3.93. The molecular weight excluding hydrogens is 665 g/mol. The van der Waals surface area contributed by atoms with Crippen LogP contribution >= 0.6 is 25.3 Å². The average Bonchev–Trinajstić information content (AvgIpc) is 3.93. The zero-order valence-electron chi connectivity index (χ0n) is 26.6. The second-order valence-electron chi connectivity index (χ2n) is 11.8. The van der Waals surface area contributed by atoms with Gasteiger partial charge >= 0.3 is 0 Å². The number of nitrogens with one attached hydrogen (secondary N) is 2. The van der Waals surface area contributed by atoms with Crippen LogP contribution in [0.25, 0.3) is 78.5 Å². The molecule has 12 nitrogen and oxygen atoms in total. The fourth-order valence-electron chi connectivity index (χ4n) is 6.31. The summed E-state index contributed by atoms with van der Waals surface area (Å²) >= 11 is 9.03. The van der Waals surface area contributed by atoms with Crippen molar-refractivity contribution < 1.29 is 0 Å². The Kier molecular flexibility index (Phi) is 7.07. The SMILES string of the molecule is Cc1c(-c2cc(-c3c[nH]c4ccccc34)nc(S)n2)nnn1-c1ccc(-n2nnc(-c3cc(-c4c[nH]c5ccccc45)nc(S)n3)c2C)cc1. The van der Waals surface area contributed by atoms with E-state index < -0.39 is 0 Å². The number of fused-ring (bicyclic) bond motifs is 2. The number of thiol groups is 2. The second kappa shape index (κ2) is 11.8. The van der Waals surface area contributed by atoms with E-state index in [2.05, 4.69) is 87.9 Å². The van der Waals surface area contributed by atoms with Crippen LogP contribution in [0.1, 0.15) is 11.4 Å². The van der Waals surface area contributed by atoms with Crippen LogP contribution in [0.15, 0.2) is 108 Å². The Bertz CT molecular complexity index is 2530. The highest BCUT2D eigenvalue weighted by Gasteiger charge is 2.19. The summed E-state index contributed by atoms with van der Waals surface area (Å²) in [5, 5.41) is 20.8. The maximum Gasteiger partial charge on any atom is 0.185 e. The molecule has 0 amide bonds. The summed E-state index contributed by atoms with van der Waals surface area (Å²) in [6, 6.07) is 27.9. The van der Waals surface area contributed by atoms with Gasteiger partial charge in [-0.15, -0.1) is 35.5 Å². The molecule has 0 saturated carbocycles. The van der Waals surface area contributed by atoms with Crippen molar-refractivity contribution in [2.75, 3.05) is 0 Å². The second-order valence-corrected chi connectivity index (χ2v) is 12.6. The number of rotatable bonds is 6. The van der Waals surface area contributed by atoms with E-state index in [1.165, 1.54) is 0 Å². The first-order chi connectivity index (χ1) is 24.4. The highest BCUT2D eigenvalue weighted by Crippen LogP contribution is 2.33. The van der Waals surface area contributed by atoms with Gasteiger partial charge in [0.05, 0.1) is 45.5 Å². The molecule has 50 heavy (non-hydrogen) atoms. The molecule has 9 rings (SSSR count). The molecule has 0 radical (unpaired) electrons. The number of hydrogen-bond donors (Lipinski definition) is 4. The smallest absolute Gasteiger partial charge is 0.185 e. The van der Waals surface area contributed by atoms with Gasteiger partial charge in [-0.05, 0) is 62.4 Å². The quantitative estimate of drug-likeness (QED) is 0.106. The van der Waals surface area contributed by atoms with Gasteiger partial charge in [0.25, 0.3) is 0 Å². The molecule has 14 heteroatoms. The van der Waals surface area contributed by atoms with Crippen LogP contribution in [0.4, 0.5) is 0 Å². The molecule has 0 fully saturated rings. The Morgan fingerprint density at radius 1 is 0.520 bits per heavy atom. The number of H-pyrrole nitrogens is 2. The van der Waals surface area contributed by atoms with Crippen molar-refractivity contribution >= 4 is 47.1 Å². The standard InChI is InChI=1S/C36H26N12S2/c1-19-33(31-15-29(39-35(49)41-31)25-17-37-27-9-5-3-7-23(25)27)43-45-47(19)21-11-13-22(14-12-21)48-20(2)34(44-46-48)32-16-30(40-36(50)42-32)26-18-38-28-10-6-4-8-24(26)28/h3-18,37-38H,1-2H3,(H,39,41,49)(H,40,42,50). The molecule has 0 saturated heterocycles. The maximum absolute atomic E-state index is 4.60. The molecule has 0 unspecified atom stereocenters. The fourth-order valence-corrected chi connectivity index (χ4v) is 6.74. The molecular formula is C36H26N12S2. The molecule has 2 N–H and O–H groups in total. The van der Waals surface area contributed by atoms with Crippen LogP contribution in [-0.4, -0.2) is 59.9 Å².